The van der Waals surface area contributed by atoms with E-state index in [-0.39, 0.29) is 5.91 Å². The van der Waals surface area contributed by atoms with Gasteiger partial charge in [0.05, 0.1) is 13.1 Å². The summed E-state index contributed by atoms with van der Waals surface area (Å²) in [4.78, 5) is 27.3. The molecule has 0 atom stereocenters. The molecule has 0 radical (unpaired) electrons. The lowest BCUT2D eigenvalue weighted by Gasteiger charge is -2.19. The van der Waals surface area contributed by atoms with Crippen LogP contribution < -0.4 is 5.32 Å². The maximum Gasteiger partial charge on any atom is 0.238 e. The summed E-state index contributed by atoms with van der Waals surface area (Å²) in [6.07, 6.45) is 7.96. The molecular formula is C23H39N3O2. The Morgan fingerprint density at radius 1 is 1.00 bits per heavy atom. The largest absolute Gasteiger partial charge is 0.324 e. The number of hydrogen-bond donors (Lipinski definition) is 1. The molecule has 0 unspecified atom stereocenters. The molecule has 0 aliphatic carbocycles. The van der Waals surface area contributed by atoms with Gasteiger partial charge in [0, 0.05) is 5.69 Å². The number of hydrogen-bond acceptors (Lipinski definition) is 4. The van der Waals surface area contributed by atoms with Crippen LogP contribution in [0.5, 0.6) is 0 Å². The van der Waals surface area contributed by atoms with E-state index in [1.54, 1.807) is 0 Å². The second-order valence-corrected chi connectivity index (χ2v) is 7.79. The summed E-state index contributed by atoms with van der Waals surface area (Å²) in [7, 11) is 2.01. The summed E-state index contributed by atoms with van der Waals surface area (Å²) in [5.74, 6) is 0.0473. The smallest absolute Gasteiger partial charge is 0.238 e. The van der Waals surface area contributed by atoms with Gasteiger partial charge in [-0.25, -0.2) is 0 Å². The lowest BCUT2D eigenvalue weighted by molar-refractivity contribution is -0.117. The predicted octanol–water partition coefficient (Wildman–Crippen LogP) is 4.04. The highest BCUT2D eigenvalue weighted by molar-refractivity contribution is 5.93. The molecule has 0 saturated heterocycles. The number of likely N-dealkylation sites (N-methyl/N-ethyl adjacent to an activating group) is 1. The van der Waals surface area contributed by atoms with Crippen molar-refractivity contribution in [3.63, 3.8) is 0 Å². The molecular weight excluding hydrogens is 350 g/mol. The number of rotatable bonds is 15. The number of anilines is 1. The van der Waals surface area contributed by atoms with Crippen LogP contribution in [0.2, 0.25) is 0 Å². The highest BCUT2D eigenvalue weighted by Gasteiger charge is 2.10. The van der Waals surface area contributed by atoms with Crippen molar-refractivity contribution in [3.8, 4) is 0 Å². The van der Waals surface area contributed by atoms with Gasteiger partial charge >= 0.3 is 0 Å². The Balaban J connectivity index is 2.14. The molecule has 0 bridgehead atoms. The van der Waals surface area contributed by atoms with Crippen molar-refractivity contribution in [2.75, 3.05) is 45.1 Å². The number of benzene rings is 1. The average molecular weight is 390 g/mol. The zero-order valence-corrected chi connectivity index (χ0v) is 18.3. The number of carbonyl (C=O) groups is 2. The van der Waals surface area contributed by atoms with Crippen LogP contribution in [-0.4, -0.2) is 61.8 Å². The second kappa shape index (κ2) is 14.3. The number of aryl methyl sites for hydroxylation is 2. The van der Waals surface area contributed by atoms with Crippen LogP contribution in [0.3, 0.4) is 0 Å². The number of amides is 1. The highest BCUT2D eigenvalue weighted by Crippen LogP contribution is 2.19. The van der Waals surface area contributed by atoms with Gasteiger partial charge in [0.1, 0.15) is 6.29 Å². The molecule has 0 aromatic heterocycles. The van der Waals surface area contributed by atoms with Crippen molar-refractivity contribution in [2.45, 2.75) is 59.3 Å². The van der Waals surface area contributed by atoms with E-state index in [4.69, 9.17) is 0 Å². The van der Waals surface area contributed by atoms with Crippen LogP contribution >= 0.6 is 0 Å². The van der Waals surface area contributed by atoms with Crippen LogP contribution in [0.25, 0.3) is 0 Å². The summed E-state index contributed by atoms with van der Waals surface area (Å²) in [5, 5.41) is 3.05. The first-order valence-electron chi connectivity index (χ1n) is 10.7. The fourth-order valence-corrected chi connectivity index (χ4v) is 3.48. The first kappa shape index (κ1) is 24.3. The van der Waals surface area contributed by atoms with Gasteiger partial charge < -0.3 is 10.1 Å². The van der Waals surface area contributed by atoms with Crippen molar-refractivity contribution < 1.29 is 9.59 Å². The highest BCUT2D eigenvalue weighted by atomic mass is 16.2. The van der Waals surface area contributed by atoms with E-state index in [0.717, 1.165) is 62.0 Å². The minimum Gasteiger partial charge on any atom is -0.324 e. The van der Waals surface area contributed by atoms with Gasteiger partial charge in [-0.3, -0.25) is 14.6 Å². The number of nitrogens with zero attached hydrogens (tertiary/aromatic N) is 2. The Bertz CT molecular complexity index is 569. The fourth-order valence-electron chi connectivity index (χ4n) is 3.48. The topological polar surface area (TPSA) is 52.7 Å². The van der Waals surface area contributed by atoms with Gasteiger partial charge in [0.25, 0.3) is 0 Å². The van der Waals surface area contributed by atoms with Crippen LogP contribution in [0.4, 0.5) is 5.69 Å². The molecule has 0 aliphatic rings. The normalized spacial score (nSPS) is 11.2. The maximum absolute atomic E-state index is 12.3. The van der Waals surface area contributed by atoms with E-state index in [2.05, 4.69) is 22.0 Å². The monoisotopic (exact) mass is 389 g/mol. The Morgan fingerprint density at radius 2 is 1.61 bits per heavy atom. The third-order valence-corrected chi connectivity index (χ3v) is 5.05. The first-order chi connectivity index (χ1) is 13.5. The predicted molar refractivity (Wildman–Crippen MR) is 118 cm³/mol. The summed E-state index contributed by atoms with van der Waals surface area (Å²) in [6.45, 7) is 10.1. The van der Waals surface area contributed by atoms with Gasteiger partial charge in [-0.05, 0) is 70.9 Å². The zero-order chi connectivity index (χ0) is 20.8. The summed E-state index contributed by atoms with van der Waals surface area (Å²) in [5.41, 5.74) is 3.14. The second-order valence-electron chi connectivity index (χ2n) is 7.79. The van der Waals surface area contributed by atoms with Gasteiger partial charge in [-0.15, -0.1) is 0 Å². The summed E-state index contributed by atoms with van der Waals surface area (Å²) >= 11 is 0. The molecule has 158 valence electrons. The molecule has 0 spiro atoms. The zero-order valence-electron chi connectivity index (χ0n) is 18.3. The lowest BCUT2D eigenvalue weighted by atomic mass is 10.1. The van der Waals surface area contributed by atoms with E-state index in [1.165, 1.54) is 19.3 Å². The standard InChI is InChI=1S/C23H39N3O2/c1-5-14-26(17-18-27)16-10-8-6-7-9-15-25(4)19-22(28)24-23-20(2)12-11-13-21(23)3/h11-13,18H,5-10,14-17,19H2,1-4H3,(H,24,28). The van der Waals surface area contributed by atoms with Crippen LogP contribution in [0.1, 0.15) is 56.6 Å². The molecule has 5 nitrogen and oxygen atoms in total. The Labute approximate surface area is 171 Å². The number of aldehydes is 1. The van der Waals surface area contributed by atoms with Gasteiger partial charge in [-0.2, -0.15) is 0 Å². The van der Waals surface area contributed by atoms with Crippen molar-refractivity contribution in [1.82, 2.24) is 9.80 Å². The van der Waals surface area contributed by atoms with E-state index >= 15 is 0 Å². The molecule has 5 heteroatoms. The minimum absolute atomic E-state index is 0.0473. The van der Waals surface area contributed by atoms with Crippen LogP contribution in [-0.2, 0) is 9.59 Å². The Morgan fingerprint density at radius 3 is 2.21 bits per heavy atom. The third-order valence-electron chi connectivity index (χ3n) is 5.05. The number of nitrogens with one attached hydrogen (secondary N) is 1. The Kier molecular flexibility index (Phi) is 12.4. The lowest BCUT2D eigenvalue weighted by Crippen LogP contribution is -2.31. The Hall–Kier alpha value is -1.72. The molecule has 1 amide bonds. The molecule has 28 heavy (non-hydrogen) atoms. The maximum atomic E-state index is 12.3. The van der Waals surface area contributed by atoms with Crippen molar-refractivity contribution in [3.05, 3.63) is 29.3 Å². The number of para-hydroxylation sites is 1. The van der Waals surface area contributed by atoms with Gasteiger partial charge in [0.2, 0.25) is 5.91 Å². The fraction of sp³-hybridized carbons (Fsp3) is 0.652. The molecule has 1 aromatic rings. The van der Waals surface area contributed by atoms with Gasteiger partial charge in [0.15, 0.2) is 0 Å². The first-order valence-corrected chi connectivity index (χ1v) is 10.7. The third kappa shape index (κ3) is 10.00. The minimum atomic E-state index is 0.0473. The summed E-state index contributed by atoms with van der Waals surface area (Å²) < 4.78 is 0. The van der Waals surface area contributed by atoms with Crippen molar-refractivity contribution in [2.24, 2.45) is 0 Å². The molecule has 1 aromatic carbocycles. The van der Waals surface area contributed by atoms with Crippen LogP contribution in [0.15, 0.2) is 18.2 Å². The number of unbranched alkanes of at least 4 members (excludes halogenated alkanes) is 4. The molecule has 0 aliphatic heterocycles. The van der Waals surface area contributed by atoms with E-state index in [9.17, 15) is 9.59 Å². The van der Waals surface area contributed by atoms with E-state index in [0.29, 0.717) is 13.1 Å². The SMILES string of the molecule is CCCN(CC=O)CCCCCCCN(C)CC(=O)Nc1c(C)cccc1C. The molecule has 0 heterocycles. The van der Waals surface area contributed by atoms with Crippen molar-refractivity contribution in [1.29, 1.82) is 0 Å². The van der Waals surface area contributed by atoms with Crippen molar-refractivity contribution >= 4 is 17.9 Å². The molecule has 0 fully saturated rings. The van der Waals surface area contributed by atoms with E-state index in [1.807, 2.05) is 39.1 Å². The molecule has 0 saturated carbocycles. The quantitative estimate of drug-likeness (QED) is 0.363. The molecule has 1 N–H and O–H groups in total. The number of carbonyl (C=O) groups excluding carboxylic acids is 2. The summed E-state index contributed by atoms with van der Waals surface area (Å²) in [6, 6.07) is 6.05. The molecule has 1 rings (SSSR count). The average Bonchev–Trinajstić information content (AvgIpc) is 2.64. The van der Waals surface area contributed by atoms with E-state index < -0.39 is 0 Å². The van der Waals surface area contributed by atoms with Gasteiger partial charge in [-0.1, -0.05) is 44.4 Å². The van der Waals surface area contributed by atoms with Crippen LogP contribution in [0, 0.1) is 13.8 Å².